The maximum absolute atomic E-state index is 4.06. The van der Waals surface area contributed by atoms with E-state index in [-0.39, 0.29) is 0 Å². The van der Waals surface area contributed by atoms with E-state index in [0.717, 1.165) is 10.6 Å². The van der Waals surface area contributed by atoms with E-state index >= 15 is 0 Å². The third-order valence-electron chi connectivity index (χ3n) is 1.51. The summed E-state index contributed by atoms with van der Waals surface area (Å²) in [5.74, 6) is 0. The zero-order chi connectivity index (χ0) is 10.3. The fourth-order valence-corrected chi connectivity index (χ4v) is 0.895. The second-order valence-corrected chi connectivity index (χ2v) is 2.37. The molecule has 0 saturated heterocycles. The monoisotopic (exact) mass is 178 g/mol. The van der Waals surface area contributed by atoms with Gasteiger partial charge in [-0.3, -0.25) is 4.68 Å². The quantitative estimate of drug-likeness (QED) is 0.632. The smallest absolute Gasteiger partial charge is 0.0672 e. The molecule has 0 aliphatic carbocycles. The molecule has 0 saturated carbocycles. The van der Waals surface area contributed by atoms with Crippen LogP contribution >= 0.6 is 0 Å². The van der Waals surface area contributed by atoms with Crippen LogP contribution < -0.4 is 10.6 Å². The number of nitrogens with zero attached hydrogens (tertiary/aromatic N) is 2. The van der Waals surface area contributed by atoms with Crippen LogP contribution in [0.15, 0.2) is 18.3 Å². The average molecular weight is 178 g/mol. The van der Waals surface area contributed by atoms with Gasteiger partial charge in [0, 0.05) is 12.3 Å². The lowest BCUT2D eigenvalue weighted by atomic mass is 10.4. The minimum Gasteiger partial charge on any atom is -0.268 e. The molecule has 0 spiro atoms. The van der Waals surface area contributed by atoms with Gasteiger partial charge in [0.25, 0.3) is 0 Å². The summed E-state index contributed by atoms with van der Waals surface area (Å²) in [7, 11) is 1.91. The lowest BCUT2D eigenvalue weighted by Gasteiger charge is -1.85. The van der Waals surface area contributed by atoms with Crippen LogP contribution in [0.5, 0.6) is 0 Å². The minimum atomic E-state index is 0.964. The number of allylic oxidation sites excluding steroid dienone is 2. The van der Waals surface area contributed by atoms with Gasteiger partial charge < -0.3 is 0 Å². The first-order valence-corrected chi connectivity index (χ1v) is 4.55. The Hall–Kier alpha value is -1.31. The average Bonchev–Trinajstić information content (AvgIpc) is 2.47. The molecule has 0 amide bonds. The van der Waals surface area contributed by atoms with E-state index in [1.54, 1.807) is 6.20 Å². The fourth-order valence-electron chi connectivity index (χ4n) is 0.895. The van der Waals surface area contributed by atoms with Crippen molar-refractivity contribution in [3.8, 4) is 0 Å². The number of aromatic nitrogens is 2. The molecule has 0 unspecified atom stereocenters. The molecule has 1 aromatic heterocycles. The molecule has 0 fully saturated rings. The van der Waals surface area contributed by atoms with Crippen molar-refractivity contribution in [1.29, 1.82) is 0 Å². The summed E-state index contributed by atoms with van der Waals surface area (Å²) in [5, 5.41) is 6.08. The Bertz CT molecular complexity index is 358. The maximum atomic E-state index is 4.06. The van der Waals surface area contributed by atoms with Crippen molar-refractivity contribution in [3.63, 3.8) is 0 Å². The number of hydrogen-bond acceptors (Lipinski definition) is 1. The standard InChI is InChI=1S/C9H12N2.C2H6/c1-4-5-6-9-8(2)7-10-11(9)3;1-2/h4-7H,2H2,1,3H3;1-2H3/b5-4-,9-6+;. The normalized spacial score (nSPS) is 11.5. The SMILES string of the molecule is C=c1cnn(C)/c1=C/C=C\C.CC. The fraction of sp³-hybridized carbons (Fsp3) is 0.364. The van der Waals surface area contributed by atoms with E-state index in [2.05, 4.69) is 11.7 Å². The maximum Gasteiger partial charge on any atom is 0.0672 e. The van der Waals surface area contributed by atoms with Gasteiger partial charge in [0.15, 0.2) is 0 Å². The van der Waals surface area contributed by atoms with Gasteiger partial charge in [-0.1, -0.05) is 32.6 Å². The Labute approximate surface area is 79.9 Å². The number of hydrogen-bond donors (Lipinski definition) is 0. The highest BCUT2D eigenvalue weighted by Crippen LogP contribution is 1.70. The van der Waals surface area contributed by atoms with E-state index in [0.29, 0.717) is 0 Å². The highest BCUT2D eigenvalue weighted by Gasteiger charge is 1.86. The highest BCUT2D eigenvalue weighted by molar-refractivity contribution is 5.34. The van der Waals surface area contributed by atoms with Crippen LogP contribution in [-0.2, 0) is 7.05 Å². The van der Waals surface area contributed by atoms with Crippen LogP contribution in [-0.4, -0.2) is 9.78 Å². The lowest BCUT2D eigenvalue weighted by molar-refractivity contribution is 0.743. The van der Waals surface area contributed by atoms with E-state index in [9.17, 15) is 0 Å². The van der Waals surface area contributed by atoms with Crippen molar-refractivity contribution < 1.29 is 0 Å². The minimum absolute atomic E-state index is 0.964. The van der Waals surface area contributed by atoms with Crippen molar-refractivity contribution in [2.24, 2.45) is 7.05 Å². The molecule has 1 aromatic rings. The van der Waals surface area contributed by atoms with Crippen LogP contribution in [0.4, 0.5) is 0 Å². The van der Waals surface area contributed by atoms with Gasteiger partial charge >= 0.3 is 0 Å². The van der Waals surface area contributed by atoms with E-state index in [4.69, 9.17) is 0 Å². The van der Waals surface area contributed by atoms with Gasteiger partial charge in [-0.2, -0.15) is 5.10 Å². The van der Waals surface area contributed by atoms with Crippen LogP contribution in [0.1, 0.15) is 20.8 Å². The van der Waals surface area contributed by atoms with Gasteiger partial charge in [0.05, 0.1) is 11.5 Å². The first kappa shape index (κ1) is 11.7. The second kappa shape index (κ2) is 6.23. The van der Waals surface area contributed by atoms with Gasteiger partial charge in [-0.05, 0) is 13.0 Å². The Balaban J connectivity index is 0.000000671. The molecule has 0 aliphatic rings. The molecule has 0 bridgehead atoms. The largest absolute Gasteiger partial charge is 0.268 e. The molecule has 13 heavy (non-hydrogen) atoms. The van der Waals surface area contributed by atoms with E-state index in [1.165, 1.54) is 0 Å². The van der Waals surface area contributed by atoms with Crippen molar-refractivity contribution >= 4 is 12.7 Å². The zero-order valence-corrected chi connectivity index (χ0v) is 8.91. The summed E-state index contributed by atoms with van der Waals surface area (Å²) in [5.41, 5.74) is 0. The molecular weight excluding hydrogens is 160 g/mol. The van der Waals surface area contributed by atoms with Gasteiger partial charge in [0.2, 0.25) is 0 Å². The second-order valence-electron chi connectivity index (χ2n) is 2.37. The van der Waals surface area contributed by atoms with Crippen LogP contribution in [0.25, 0.3) is 12.7 Å². The third-order valence-corrected chi connectivity index (χ3v) is 1.51. The summed E-state index contributed by atoms with van der Waals surface area (Å²) >= 11 is 0. The van der Waals surface area contributed by atoms with Crippen LogP contribution in [0.2, 0.25) is 0 Å². The topological polar surface area (TPSA) is 17.8 Å². The van der Waals surface area contributed by atoms with Gasteiger partial charge in [0.1, 0.15) is 0 Å². The zero-order valence-electron chi connectivity index (χ0n) is 8.91. The number of aryl methyl sites for hydroxylation is 1. The molecule has 2 nitrogen and oxygen atoms in total. The Morgan fingerprint density at radius 1 is 1.46 bits per heavy atom. The number of rotatable bonds is 1. The molecule has 2 heteroatoms. The van der Waals surface area contributed by atoms with Crippen molar-refractivity contribution in [2.75, 3.05) is 0 Å². The van der Waals surface area contributed by atoms with Crippen molar-refractivity contribution in [1.82, 2.24) is 9.78 Å². The third kappa shape index (κ3) is 3.28. The Morgan fingerprint density at radius 2 is 2.08 bits per heavy atom. The molecule has 72 valence electrons. The first-order chi connectivity index (χ1) is 6.25. The first-order valence-electron chi connectivity index (χ1n) is 4.55. The molecule has 0 atom stereocenters. The summed E-state index contributed by atoms with van der Waals surface area (Å²) in [6.07, 6.45) is 7.71. The summed E-state index contributed by atoms with van der Waals surface area (Å²) in [4.78, 5) is 0. The Kier molecular flexibility index (Phi) is 5.60. The van der Waals surface area contributed by atoms with Crippen LogP contribution in [0.3, 0.4) is 0 Å². The molecule has 1 heterocycles. The molecule has 1 rings (SSSR count). The predicted octanol–water partition coefficient (Wildman–Crippen LogP) is 1.21. The lowest BCUT2D eigenvalue weighted by Crippen LogP contribution is -2.25. The summed E-state index contributed by atoms with van der Waals surface area (Å²) < 4.78 is 1.81. The molecule has 0 aromatic carbocycles. The molecule has 0 aliphatic heterocycles. The summed E-state index contributed by atoms with van der Waals surface area (Å²) in [6, 6.07) is 0. The highest BCUT2D eigenvalue weighted by atomic mass is 15.2. The summed E-state index contributed by atoms with van der Waals surface area (Å²) in [6.45, 7) is 9.83. The molecule has 0 radical (unpaired) electrons. The van der Waals surface area contributed by atoms with Gasteiger partial charge in [-0.25, -0.2) is 0 Å². The molecule has 0 N–H and O–H groups in total. The molecular formula is C11H18N2. The Morgan fingerprint density at radius 3 is 2.46 bits per heavy atom. The van der Waals surface area contributed by atoms with Gasteiger partial charge in [-0.15, -0.1) is 0 Å². The van der Waals surface area contributed by atoms with Crippen LogP contribution in [0, 0.1) is 0 Å². The van der Waals surface area contributed by atoms with Crippen molar-refractivity contribution in [2.45, 2.75) is 20.8 Å². The predicted molar refractivity (Wildman–Crippen MR) is 58.6 cm³/mol. The van der Waals surface area contributed by atoms with E-state index < -0.39 is 0 Å². The van der Waals surface area contributed by atoms with E-state index in [1.807, 2.05) is 50.7 Å². The van der Waals surface area contributed by atoms with Crippen molar-refractivity contribution in [3.05, 3.63) is 28.9 Å².